The summed E-state index contributed by atoms with van der Waals surface area (Å²) < 4.78 is 33.0. The summed E-state index contributed by atoms with van der Waals surface area (Å²) >= 11 is 6.05. The summed E-state index contributed by atoms with van der Waals surface area (Å²) in [6.07, 6.45) is 1.63. The van der Waals surface area contributed by atoms with Crippen LogP contribution in [0.15, 0.2) is 23.1 Å². The molecule has 1 aromatic carbocycles. The minimum Gasteiger partial charge on any atom is -0.377 e. The van der Waals surface area contributed by atoms with Crippen LogP contribution in [0.25, 0.3) is 0 Å². The van der Waals surface area contributed by atoms with Crippen molar-refractivity contribution >= 4 is 27.5 Å². The molecule has 1 amide bonds. The molecule has 0 aliphatic carbocycles. The van der Waals surface area contributed by atoms with Gasteiger partial charge in [-0.25, -0.2) is 13.1 Å². The zero-order chi connectivity index (χ0) is 18.6. The van der Waals surface area contributed by atoms with Crippen molar-refractivity contribution in [2.45, 2.75) is 50.7 Å². The van der Waals surface area contributed by atoms with E-state index in [0.717, 1.165) is 12.8 Å². The molecule has 0 spiro atoms. The van der Waals surface area contributed by atoms with Crippen LogP contribution >= 0.6 is 11.6 Å². The van der Waals surface area contributed by atoms with Gasteiger partial charge in [-0.15, -0.1) is 0 Å². The Hall–Kier alpha value is -1.15. The average molecular weight is 389 g/mol. The molecule has 0 radical (unpaired) electrons. The van der Waals surface area contributed by atoms with E-state index < -0.39 is 10.0 Å². The molecular formula is C17H25ClN2O4S. The molecule has 1 aliphatic heterocycles. The summed E-state index contributed by atoms with van der Waals surface area (Å²) in [6.45, 7) is 6.74. The van der Waals surface area contributed by atoms with Crippen LogP contribution in [0.3, 0.4) is 0 Å². The van der Waals surface area contributed by atoms with E-state index in [4.69, 9.17) is 16.3 Å². The smallest absolute Gasteiger partial charge is 0.251 e. The van der Waals surface area contributed by atoms with Gasteiger partial charge in [-0.1, -0.05) is 25.4 Å². The fourth-order valence-electron chi connectivity index (χ4n) is 2.39. The molecule has 2 rings (SSSR count). The van der Waals surface area contributed by atoms with Gasteiger partial charge in [0.25, 0.3) is 5.91 Å². The Morgan fingerprint density at radius 2 is 2.08 bits per heavy atom. The molecule has 2 atom stereocenters. The standard InChI is InChI=1S/C17H25ClN2O4S/c1-11(2)12(3)20-17(21)13-6-7-15(18)16(9-13)25(22,23)19-10-14-5-4-8-24-14/h6-7,9,11-12,14,19H,4-5,8,10H2,1-3H3,(H,20,21). The number of carbonyl (C=O) groups is 1. The van der Waals surface area contributed by atoms with Gasteiger partial charge in [0.1, 0.15) is 4.90 Å². The summed E-state index contributed by atoms with van der Waals surface area (Å²) in [7, 11) is -3.82. The molecule has 1 fully saturated rings. The van der Waals surface area contributed by atoms with Crippen molar-refractivity contribution in [1.29, 1.82) is 0 Å². The number of rotatable bonds is 7. The second-order valence-corrected chi connectivity index (χ2v) is 8.78. The van der Waals surface area contributed by atoms with Gasteiger partial charge in [-0.2, -0.15) is 0 Å². The highest BCUT2D eigenvalue weighted by molar-refractivity contribution is 7.89. The van der Waals surface area contributed by atoms with Crippen molar-refractivity contribution < 1.29 is 17.9 Å². The monoisotopic (exact) mass is 388 g/mol. The first kappa shape index (κ1) is 20.2. The van der Waals surface area contributed by atoms with E-state index in [1.54, 1.807) is 0 Å². The molecule has 6 nitrogen and oxygen atoms in total. The molecule has 0 saturated carbocycles. The third kappa shape index (κ3) is 5.41. The highest BCUT2D eigenvalue weighted by Gasteiger charge is 2.23. The van der Waals surface area contributed by atoms with Gasteiger partial charge in [0, 0.05) is 24.8 Å². The first-order chi connectivity index (χ1) is 11.7. The fraction of sp³-hybridized carbons (Fsp3) is 0.588. The molecule has 0 aromatic heterocycles. The molecule has 1 aromatic rings. The first-order valence-electron chi connectivity index (χ1n) is 8.42. The van der Waals surface area contributed by atoms with Gasteiger partial charge in [-0.3, -0.25) is 4.79 Å². The molecule has 25 heavy (non-hydrogen) atoms. The fourth-order valence-corrected chi connectivity index (χ4v) is 3.98. The Labute approximate surface area is 154 Å². The van der Waals surface area contributed by atoms with Crippen LogP contribution in [-0.4, -0.2) is 39.6 Å². The molecular weight excluding hydrogens is 364 g/mol. The molecule has 140 valence electrons. The van der Waals surface area contributed by atoms with E-state index in [1.165, 1.54) is 18.2 Å². The van der Waals surface area contributed by atoms with Crippen LogP contribution in [0.2, 0.25) is 5.02 Å². The van der Waals surface area contributed by atoms with Gasteiger partial charge in [0.15, 0.2) is 0 Å². The quantitative estimate of drug-likeness (QED) is 0.751. The van der Waals surface area contributed by atoms with Gasteiger partial charge in [0.05, 0.1) is 11.1 Å². The average Bonchev–Trinajstić information content (AvgIpc) is 3.06. The van der Waals surface area contributed by atoms with E-state index in [2.05, 4.69) is 10.0 Å². The third-order valence-electron chi connectivity index (χ3n) is 4.37. The predicted molar refractivity (Wildman–Crippen MR) is 97.4 cm³/mol. The highest BCUT2D eigenvalue weighted by atomic mass is 35.5. The third-order valence-corrected chi connectivity index (χ3v) is 6.27. The van der Waals surface area contributed by atoms with E-state index in [-0.39, 0.29) is 46.0 Å². The molecule has 1 heterocycles. The lowest BCUT2D eigenvalue weighted by atomic mass is 10.1. The zero-order valence-corrected chi connectivity index (χ0v) is 16.3. The number of amides is 1. The normalized spacial score (nSPS) is 19.2. The zero-order valence-electron chi connectivity index (χ0n) is 14.7. The summed E-state index contributed by atoms with van der Waals surface area (Å²) in [5.41, 5.74) is 0.259. The summed E-state index contributed by atoms with van der Waals surface area (Å²) in [5.74, 6) is -0.0547. The van der Waals surface area contributed by atoms with E-state index in [9.17, 15) is 13.2 Å². The summed E-state index contributed by atoms with van der Waals surface area (Å²) in [6, 6.07) is 4.23. The molecule has 8 heteroatoms. The number of halogens is 1. The van der Waals surface area contributed by atoms with Crippen LogP contribution in [0.5, 0.6) is 0 Å². The van der Waals surface area contributed by atoms with Crippen LogP contribution in [0, 0.1) is 5.92 Å². The highest BCUT2D eigenvalue weighted by Crippen LogP contribution is 2.23. The Kier molecular flexibility index (Phi) is 6.85. The van der Waals surface area contributed by atoms with E-state index >= 15 is 0 Å². The second kappa shape index (κ2) is 8.49. The maximum absolute atomic E-state index is 12.5. The van der Waals surface area contributed by atoms with Crippen molar-refractivity contribution in [2.75, 3.05) is 13.2 Å². The second-order valence-electron chi connectivity index (χ2n) is 6.64. The minimum atomic E-state index is -3.82. The van der Waals surface area contributed by atoms with Gasteiger partial charge >= 0.3 is 0 Å². The minimum absolute atomic E-state index is 0.0270. The SMILES string of the molecule is CC(C)C(C)NC(=O)c1ccc(Cl)c(S(=O)(=O)NCC2CCCO2)c1. The Morgan fingerprint density at radius 3 is 2.68 bits per heavy atom. The lowest BCUT2D eigenvalue weighted by molar-refractivity contribution is 0.0930. The number of sulfonamides is 1. The number of ether oxygens (including phenoxy) is 1. The number of nitrogens with one attached hydrogen (secondary N) is 2. The maximum Gasteiger partial charge on any atom is 0.251 e. The van der Waals surface area contributed by atoms with E-state index in [1.807, 2.05) is 20.8 Å². The number of carbonyl (C=O) groups excluding carboxylic acids is 1. The van der Waals surface area contributed by atoms with Gasteiger partial charge in [-0.05, 0) is 43.9 Å². The Morgan fingerprint density at radius 1 is 1.36 bits per heavy atom. The Balaban J connectivity index is 2.15. The van der Waals surface area contributed by atoms with Crippen molar-refractivity contribution in [1.82, 2.24) is 10.0 Å². The van der Waals surface area contributed by atoms with Crippen LogP contribution in [-0.2, 0) is 14.8 Å². The summed E-state index contributed by atoms with van der Waals surface area (Å²) in [5, 5.41) is 2.93. The lowest BCUT2D eigenvalue weighted by Crippen LogP contribution is -2.36. The van der Waals surface area contributed by atoms with Crippen molar-refractivity contribution in [3.63, 3.8) is 0 Å². The summed E-state index contributed by atoms with van der Waals surface area (Å²) in [4.78, 5) is 12.2. The van der Waals surface area contributed by atoms with E-state index in [0.29, 0.717) is 6.61 Å². The lowest BCUT2D eigenvalue weighted by Gasteiger charge is -2.18. The molecule has 1 aliphatic rings. The molecule has 2 N–H and O–H groups in total. The van der Waals surface area contributed by atoms with Crippen molar-refractivity contribution in [3.8, 4) is 0 Å². The van der Waals surface area contributed by atoms with Crippen LogP contribution < -0.4 is 10.0 Å². The number of hydrogen-bond donors (Lipinski definition) is 2. The van der Waals surface area contributed by atoms with Crippen LogP contribution in [0.1, 0.15) is 44.0 Å². The Bertz CT molecular complexity index is 715. The topological polar surface area (TPSA) is 84.5 Å². The molecule has 2 unspecified atom stereocenters. The van der Waals surface area contributed by atoms with Gasteiger partial charge < -0.3 is 10.1 Å². The molecule has 1 saturated heterocycles. The van der Waals surface area contributed by atoms with Gasteiger partial charge in [0.2, 0.25) is 10.0 Å². The van der Waals surface area contributed by atoms with Crippen molar-refractivity contribution in [2.24, 2.45) is 5.92 Å². The maximum atomic E-state index is 12.5. The predicted octanol–water partition coefficient (Wildman–Crippen LogP) is 2.57. The molecule has 0 bridgehead atoms. The first-order valence-corrected chi connectivity index (χ1v) is 10.3. The number of benzene rings is 1. The van der Waals surface area contributed by atoms with Crippen molar-refractivity contribution in [3.05, 3.63) is 28.8 Å². The number of hydrogen-bond acceptors (Lipinski definition) is 4. The van der Waals surface area contributed by atoms with Crippen LogP contribution in [0.4, 0.5) is 0 Å². The largest absolute Gasteiger partial charge is 0.377 e.